The second-order valence-corrected chi connectivity index (χ2v) is 4.19. The Morgan fingerprint density at radius 2 is 1.89 bits per heavy atom. The van der Waals surface area contributed by atoms with Crippen LogP contribution >= 0.6 is 0 Å². The van der Waals surface area contributed by atoms with Crippen molar-refractivity contribution in [3.63, 3.8) is 0 Å². The minimum Gasteiger partial charge on any atom is -0.321 e. The number of aryl methyl sites for hydroxylation is 2. The summed E-state index contributed by atoms with van der Waals surface area (Å²) in [4.78, 5) is 23.4. The summed E-state index contributed by atoms with van der Waals surface area (Å²) in [5, 5.41) is 6.74. The van der Waals surface area contributed by atoms with Crippen molar-refractivity contribution in [3.05, 3.63) is 58.0 Å². The van der Waals surface area contributed by atoms with E-state index in [4.69, 9.17) is 0 Å². The second kappa shape index (κ2) is 5.48. The first kappa shape index (κ1) is 13.0. The van der Waals surface area contributed by atoms with Crippen molar-refractivity contribution in [1.29, 1.82) is 0 Å². The van der Waals surface area contributed by atoms with Crippen LogP contribution in [0.15, 0.2) is 41.2 Å². The summed E-state index contributed by atoms with van der Waals surface area (Å²) >= 11 is 0. The maximum atomic E-state index is 12.0. The van der Waals surface area contributed by atoms with Gasteiger partial charge in [0.25, 0.3) is 11.5 Å². The van der Waals surface area contributed by atoms with Gasteiger partial charge in [0.1, 0.15) is 5.69 Å². The number of hydrogen-bond acceptors (Lipinski definition) is 3. The SMILES string of the molecule is CCn1nc(C(=O)Nc2ccc(C)cc2)ccc1=O. The number of amides is 1. The van der Waals surface area contributed by atoms with Gasteiger partial charge < -0.3 is 5.32 Å². The lowest BCUT2D eigenvalue weighted by atomic mass is 10.2. The molecule has 2 aromatic rings. The van der Waals surface area contributed by atoms with E-state index in [1.807, 2.05) is 31.2 Å². The lowest BCUT2D eigenvalue weighted by Gasteiger charge is -2.06. The Labute approximate surface area is 110 Å². The molecule has 19 heavy (non-hydrogen) atoms. The number of carbonyl (C=O) groups is 1. The molecule has 1 aromatic heterocycles. The van der Waals surface area contributed by atoms with Crippen molar-refractivity contribution in [2.45, 2.75) is 20.4 Å². The maximum Gasteiger partial charge on any atom is 0.276 e. The van der Waals surface area contributed by atoms with Gasteiger partial charge in [0.2, 0.25) is 0 Å². The summed E-state index contributed by atoms with van der Waals surface area (Å²) in [5.74, 6) is -0.328. The number of rotatable bonds is 3. The Morgan fingerprint density at radius 1 is 1.21 bits per heavy atom. The highest BCUT2D eigenvalue weighted by Gasteiger charge is 2.09. The fourth-order valence-electron chi connectivity index (χ4n) is 1.63. The number of aromatic nitrogens is 2. The van der Waals surface area contributed by atoms with Crippen LogP contribution in [-0.4, -0.2) is 15.7 Å². The van der Waals surface area contributed by atoms with Crippen LogP contribution in [0.25, 0.3) is 0 Å². The lowest BCUT2D eigenvalue weighted by molar-refractivity contribution is 0.102. The van der Waals surface area contributed by atoms with Crippen LogP contribution in [0.3, 0.4) is 0 Å². The molecule has 0 radical (unpaired) electrons. The van der Waals surface area contributed by atoms with E-state index in [0.29, 0.717) is 12.2 Å². The van der Waals surface area contributed by atoms with E-state index in [9.17, 15) is 9.59 Å². The van der Waals surface area contributed by atoms with E-state index < -0.39 is 0 Å². The molecule has 0 spiro atoms. The topological polar surface area (TPSA) is 64.0 Å². The van der Waals surface area contributed by atoms with Gasteiger partial charge >= 0.3 is 0 Å². The van der Waals surface area contributed by atoms with E-state index in [-0.39, 0.29) is 17.2 Å². The van der Waals surface area contributed by atoms with E-state index in [2.05, 4.69) is 10.4 Å². The van der Waals surface area contributed by atoms with Crippen LogP contribution in [0, 0.1) is 6.92 Å². The summed E-state index contributed by atoms with van der Waals surface area (Å²) in [6, 6.07) is 10.2. The van der Waals surface area contributed by atoms with Crippen LogP contribution in [-0.2, 0) is 6.54 Å². The Hall–Kier alpha value is -2.43. The number of nitrogens with one attached hydrogen (secondary N) is 1. The molecular weight excluding hydrogens is 242 g/mol. The molecule has 5 nitrogen and oxygen atoms in total. The van der Waals surface area contributed by atoms with Gasteiger partial charge in [-0.05, 0) is 32.0 Å². The summed E-state index contributed by atoms with van der Waals surface area (Å²) < 4.78 is 1.25. The van der Waals surface area contributed by atoms with Crippen molar-refractivity contribution in [1.82, 2.24) is 9.78 Å². The van der Waals surface area contributed by atoms with Crippen LogP contribution in [0.2, 0.25) is 0 Å². The average molecular weight is 257 g/mol. The number of benzene rings is 1. The van der Waals surface area contributed by atoms with Gasteiger partial charge in [0.05, 0.1) is 0 Å². The highest BCUT2D eigenvalue weighted by molar-refractivity contribution is 6.02. The van der Waals surface area contributed by atoms with Gasteiger partial charge in [-0.3, -0.25) is 9.59 Å². The normalized spacial score (nSPS) is 10.2. The first-order valence-electron chi connectivity index (χ1n) is 6.06. The fourth-order valence-corrected chi connectivity index (χ4v) is 1.63. The molecule has 0 atom stereocenters. The number of carbonyl (C=O) groups excluding carboxylic acids is 1. The molecule has 1 aromatic carbocycles. The van der Waals surface area contributed by atoms with Gasteiger partial charge in [-0.2, -0.15) is 5.10 Å². The fraction of sp³-hybridized carbons (Fsp3) is 0.214. The zero-order valence-corrected chi connectivity index (χ0v) is 10.9. The Balaban J connectivity index is 2.20. The molecule has 0 aliphatic rings. The molecule has 0 fully saturated rings. The predicted octanol–water partition coefficient (Wildman–Crippen LogP) is 1.82. The highest BCUT2D eigenvalue weighted by Crippen LogP contribution is 2.09. The number of hydrogen-bond donors (Lipinski definition) is 1. The monoisotopic (exact) mass is 257 g/mol. The van der Waals surface area contributed by atoms with Crippen LogP contribution in [0.4, 0.5) is 5.69 Å². The zero-order chi connectivity index (χ0) is 13.8. The molecule has 0 aliphatic carbocycles. The lowest BCUT2D eigenvalue weighted by Crippen LogP contribution is -2.25. The van der Waals surface area contributed by atoms with Gasteiger partial charge in [0.15, 0.2) is 0 Å². The van der Waals surface area contributed by atoms with Gasteiger partial charge in [-0.15, -0.1) is 0 Å². The predicted molar refractivity (Wildman–Crippen MR) is 73.3 cm³/mol. The van der Waals surface area contributed by atoms with Gasteiger partial charge in [0, 0.05) is 18.3 Å². The number of anilines is 1. The first-order chi connectivity index (χ1) is 9.10. The first-order valence-corrected chi connectivity index (χ1v) is 6.06. The van der Waals surface area contributed by atoms with E-state index >= 15 is 0 Å². The molecule has 98 valence electrons. The van der Waals surface area contributed by atoms with Crippen molar-refractivity contribution in [2.24, 2.45) is 0 Å². The largest absolute Gasteiger partial charge is 0.321 e. The van der Waals surface area contributed by atoms with Crippen LogP contribution < -0.4 is 10.9 Å². The van der Waals surface area contributed by atoms with Crippen LogP contribution in [0.1, 0.15) is 23.0 Å². The summed E-state index contributed by atoms with van der Waals surface area (Å²) in [5.41, 5.74) is 1.83. The summed E-state index contributed by atoms with van der Waals surface area (Å²) in [6.07, 6.45) is 0. The van der Waals surface area contributed by atoms with Gasteiger partial charge in [-0.1, -0.05) is 17.7 Å². The Kier molecular flexibility index (Phi) is 3.75. The molecule has 5 heteroatoms. The molecule has 1 heterocycles. The molecule has 1 N–H and O–H groups in total. The smallest absolute Gasteiger partial charge is 0.276 e. The number of nitrogens with zero attached hydrogens (tertiary/aromatic N) is 2. The van der Waals surface area contributed by atoms with Crippen LogP contribution in [0.5, 0.6) is 0 Å². The second-order valence-electron chi connectivity index (χ2n) is 4.19. The standard InChI is InChI=1S/C14H15N3O2/c1-3-17-13(18)9-8-12(16-17)14(19)15-11-6-4-10(2)5-7-11/h4-9H,3H2,1-2H3,(H,15,19). The molecule has 0 unspecified atom stereocenters. The molecular formula is C14H15N3O2. The van der Waals surface area contributed by atoms with E-state index in [1.54, 1.807) is 6.92 Å². The Morgan fingerprint density at radius 3 is 2.53 bits per heavy atom. The minimum atomic E-state index is -0.328. The minimum absolute atomic E-state index is 0.214. The van der Waals surface area contributed by atoms with E-state index in [1.165, 1.54) is 16.8 Å². The third kappa shape index (κ3) is 3.07. The maximum absolute atomic E-state index is 12.0. The highest BCUT2D eigenvalue weighted by atomic mass is 16.2. The molecule has 1 amide bonds. The molecule has 0 saturated carbocycles. The quantitative estimate of drug-likeness (QED) is 0.912. The van der Waals surface area contributed by atoms with Crippen molar-refractivity contribution >= 4 is 11.6 Å². The molecule has 0 bridgehead atoms. The molecule has 2 rings (SSSR count). The third-order valence-electron chi connectivity index (χ3n) is 2.71. The van der Waals surface area contributed by atoms with Crippen molar-refractivity contribution in [2.75, 3.05) is 5.32 Å². The summed E-state index contributed by atoms with van der Waals surface area (Å²) in [7, 11) is 0. The molecule has 0 saturated heterocycles. The van der Waals surface area contributed by atoms with Gasteiger partial charge in [-0.25, -0.2) is 4.68 Å². The van der Waals surface area contributed by atoms with Crippen molar-refractivity contribution < 1.29 is 4.79 Å². The van der Waals surface area contributed by atoms with Crippen molar-refractivity contribution in [3.8, 4) is 0 Å². The molecule has 0 aliphatic heterocycles. The van der Waals surface area contributed by atoms with E-state index in [0.717, 1.165) is 5.56 Å². The summed E-state index contributed by atoms with van der Waals surface area (Å²) in [6.45, 7) is 4.21. The average Bonchev–Trinajstić information content (AvgIpc) is 2.42. The Bertz CT molecular complexity index is 644. The third-order valence-corrected chi connectivity index (χ3v) is 2.71. The zero-order valence-electron chi connectivity index (χ0n) is 10.9.